The second kappa shape index (κ2) is 8.26. The number of rotatable bonds is 6. The lowest BCUT2D eigenvalue weighted by molar-refractivity contribution is 0.0583. The summed E-state index contributed by atoms with van der Waals surface area (Å²) in [6.07, 6.45) is 3.88. The zero-order valence-corrected chi connectivity index (χ0v) is 16.3. The number of anilines is 1. The van der Waals surface area contributed by atoms with E-state index in [2.05, 4.69) is 36.7 Å². The maximum atomic E-state index is 12.6. The third kappa shape index (κ3) is 4.90. The molecule has 1 amide bonds. The van der Waals surface area contributed by atoms with Crippen molar-refractivity contribution in [2.75, 3.05) is 23.5 Å². The number of hydrogen-bond acceptors (Lipinski definition) is 4. The molecule has 0 spiro atoms. The van der Waals surface area contributed by atoms with E-state index in [1.165, 1.54) is 11.1 Å². The lowest BCUT2D eigenvalue weighted by Gasteiger charge is -2.26. The lowest BCUT2D eigenvalue weighted by Crippen LogP contribution is -2.36. The van der Waals surface area contributed by atoms with Crippen LogP contribution in [0.1, 0.15) is 45.2 Å². The number of para-hydroxylation sites is 1. The van der Waals surface area contributed by atoms with Gasteiger partial charge in [0.05, 0.1) is 5.69 Å². The minimum atomic E-state index is -0.474. The fourth-order valence-corrected chi connectivity index (χ4v) is 3.71. The first-order valence-electron chi connectivity index (χ1n) is 8.69. The van der Waals surface area contributed by atoms with Crippen LogP contribution in [-0.2, 0) is 17.7 Å². The Morgan fingerprint density at radius 3 is 2.79 bits per heavy atom. The van der Waals surface area contributed by atoms with Crippen LogP contribution in [0, 0.1) is 0 Å². The summed E-state index contributed by atoms with van der Waals surface area (Å²) < 4.78 is 5.58. The minimum absolute atomic E-state index is 0.246. The fraction of sp³-hybridized carbons (Fsp3) is 0.632. The average Bonchev–Trinajstić information content (AvgIpc) is 2.94. The zero-order valence-electron chi connectivity index (χ0n) is 15.5. The zero-order chi connectivity index (χ0) is 17.7. The molecule has 5 heteroatoms. The van der Waals surface area contributed by atoms with Gasteiger partial charge < -0.3 is 10.1 Å². The Balaban J connectivity index is 2.15. The summed E-state index contributed by atoms with van der Waals surface area (Å²) in [5, 5.41) is 3.62. The molecule has 24 heavy (non-hydrogen) atoms. The van der Waals surface area contributed by atoms with Gasteiger partial charge in [0.25, 0.3) is 0 Å². The van der Waals surface area contributed by atoms with E-state index < -0.39 is 5.60 Å². The molecule has 0 aliphatic carbocycles. The molecule has 134 valence electrons. The third-order valence-corrected chi connectivity index (χ3v) is 4.87. The number of carbonyl (C=O) groups excluding carboxylic acids is 1. The first-order chi connectivity index (χ1) is 11.4. The first-order valence-corrected chi connectivity index (χ1v) is 10.1. The van der Waals surface area contributed by atoms with Crippen LogP contribution in [-0.4, -0.2) is 36.3 Å². The van der Waals surface area contributed by atoms with Gasteiger partial charge in [0.15, 0.2) is 0 Å². The van der Waals surface area contributed by atoms with Gasteiger partial charge in [-0.3, -0.25) is 4.90 Å². The van der Waals surface area contributed by atoms with Crippen molar-refractivity contribution in [2.45, 2.75) is 58.7 Å². The van der Waals surface area contributed by atoms with Crippen LogP contribution in [0.2, 0.25) is 0 Å². The smallest absolute Gasteiger partial charge is 0.414 e. The van der Waals surface area contributed by atoms with Gasteiger partial charge in [-0.05, 0) is 51.0 Å². The highest BCUT2D eigenvalue weighted by atomic mass is 32.2. The molecule has 0 saturated heterocycles. The predicted octanol–water partition coefficient (Wildman–Crippen LogP) is 4.22. The van der Waals surface area contributed by atoms with Crippen molar-refractivity contribution in [3.8, 4) is 0 Å². The van der Waals surface area contributed by atoms with Crippen molar-refractivity contribution in [1.29, 1.82) is 0 Å². The van der Waals surface area contributed by atoms with Crippen LogP contribution >= 0.6 is 11.8 Å². The van der Waals surface area contributed by atoms with Gasteiger partial charge in [0.1, 0.15) is 5.60 Å². The van der Waals surface area contributed by atoms with Gasteiger partial charge in [-0.15, -0.1) is 0 Å². The average molecular weight is 351 g/mol. The number of benzene rings is 1. The van der Waals surface area contributed by atoms with E-state index in [9.17, 15) is 4.79 Å². The molecule has 1 unspecified atom stereocenters. The van der Waals surface area contributed by atoms with Crippen LogP contribution in [0.25, 0.3) is 0 Å². The van der Waals surface area contributed by atoms with Gasteiger partial charge in [-0.1, -0.05) is 25.1 Å². The van der Waals surface area contributed by atoms with Crippen LogP contribution in [0.3, 0.4) is 0 Å². The number of hydrogen-bond donors (Lipinski definition) is 1. The van der Waals surface area contributed by atoms with E-state index in [0.717, 1.165) is 30.8 Å². The van der Waals surface area contributed by atoms with Crippen LogP contribution in [0.5, 0.6) is 0 Å². The molecule has 0 saturated carbocycles. The van der Waals surface area contributed by atoms with Crippen molar-refractivity contribution in [3.63, 3.8) is 0 Å². The highest BCUT2D eigenvalue weighted by Crippen LogP contribution is 2.33. The molecule has 1 aliphatic heterocycles. The number of thioether (sulfide) groups is 1. The van der Waals surface area contributed by atoms with Crippen molar-refractivity contribution >= 4 is 23.5 Å². The van der Waals surface area contributed by atoms with Crippen LogP contribution in [0.15, 0.2) is 18.2 Å². The SMILES string of the molecule is CCC(CSC)NCc1cccc2c1N(C(=O)OC(C)(C)C)CC2. The summed E-state index contributed by atoms with van der Waals surface area (Å²) in [7, 11) is 0. The van der Waals surface area contributed by atoms with Crippen LogP contribution in [0.4, 0.5) is 10.5 Å². The molecule has 1 aromatic carbocycles. The molecule has 2 rings (SSSR count). The molecule has 1 atom stereocenters. The summed E-state index contributed by atoms with van der Waals surface area (Å²) in [6, 6.07) is 6.81. The predicted molar refractivity (Wildman–Crippen MR) is 103 cm³/mol. The van der Waals surface area contributed by atoms with E-state index in [0.29, 0.717) is 12.6 Å². The fourth-order valence-electron chi connectivity index (χ4n) is 2.96. The summed E-state index contributed by atoms with van der Waals surface area (Å²) in [5.74, 6) is 1.10. The Hall–Kier alpha value is -1.20. The van der Waals surface area contributed by atoms with Crippen LogP contribution < -0.4 is 10.2 Å². The highest BCUT2D eigenvalue weighted by molar-refractivity contribution is 7.98. The van der Waals surface area contributed by atoms with E-state index >= 15 is 0 Å². The monoisotopic (exact) mass is 350 g/mol. The Bertz CT molecular complexity index is 569. The molecule has 0 aromatic heterocycles. The Morgan fingerprint density at radius 1 is 1.42 bits per heavy atom. The second-order valence-electron chi connectivity index (χ2n) is 7.25. The summed E-state index contributed by atoms with van der Waals surface area (Å²) in [4.78, 5) is 14.4. The molecule has 1 heterocycles. The van der Waals surface area contributed by atoms with E-state index in [1.54, 1.807) is 4.90 Å². The summed E-state index contributed by atoms with van der Waals surface area (Å²) >= 11 is 1.86. The molecule has 1 aliphatic rings. The lowest BCUT2D eigenvalue weighted by atomic mass is 10.1. The summed E-state index contributed by atoms with van der Waals surface area (Å²) in [6.45, 7) is 9.40. The molecule has 0 bridgehead atoms. The Labute approximate surface area is 150 Å². The number of nitrogens with one attached hydrogen (secondary N) is 1. The Kier molecular flexibility index (Phi) is 6.58. The van der Waals surface area contributed by atoms with E-state index in [1.807, 2.05) is 32.5 Å². The van der Waals surface area contributed by atoms with E-state index in [-0.39, 0.29) is 6.09 Å². The number of amides is 1. The highest BCUT2D eigenvalue weighted by Gasteiger charge is 2.30. The number of nitrogens with zero attached hydrogens (tertiary/aromatic N) is 1. The van der Waals surface area contributed by atoms with Crippen molar-refractivity contribution in [1.82, 2.24) is 5.32 Å². The van der Waals surface area contributed by atoms with Gasteiger partial charge >= 0.3 is 6.09 Å². The summed E-state index contributed by atoms with van der Waals surface area (Å²) in [5.41, 5.74) is 2.98. The van der Waals surface area contributed by atoms with Crippen molar-refractivity contribution in [3.05, 3.63) is 29.3 Å². The van der Waals surface area contributed by atoms with Crippen molar-refractivity contribution in [2.24, 2.45) is 0 Å². The second-order valence-corrected chi connectivity index (χ2v) is 8.16. The molecule has 1 aromatic rings. The first kappa shape index (κ1) is 19.1. The molecule has 0 fully saturated rings. The molecular formula is C19H30N2O2S. The quantitative estimate of drug-likeness (QED) is 0.834. The molecule has 4 nitrogen and oxygen atoms in total. The van der Waals surface area contributed by atoms with Gasteiger partial charge in [0.2, 0.25) is 0 Å². The van der Waals surface area contributed by atoms with Crippen molar-refractivity contribution < 1.29 is 9.53 Å². The largest absolute Gasteiger partial charge is 0.443 e. The third-order valence-electron chi connectivity index (χ3n) is 4.13. The minimum Gasteiger partial charge on any atom is -0.443 e. The van der Waals surface area contributed by atoms with Gasteiger partial charge in [0, 0.05) is 24.9 Å². The number of carbonyl (C=O) groups is 1. The molecular weight excluding hydrogens is 320 g/mol. The molecule has 0 radical (unpaired) electrons. The number of fused-ring (bicyclic) bond motifs is 1. The maximum absolute atomic E-state index is 12.6. The van der Waals surface area contributed by atoms with Gasteiger partial charge in [-0.25, -0.2) is 4.79 Å². The van der Waals surface area contributed by atoms with Gasteiger partial charge in [-0.2, -0.15) is 11.8 Å². The molecule has 1 N–H and O–H groups in total. The van der Waals surface area contributed by atoms with E-state index in [4.69, 9.17) is 4.74 Å². The number of ether oxygens (including phenoxy) is 1. The Morgan fingerprint density at radius 2 is 2.17 bits per heavy atom. The normalized spacial score (nSPS) is 15.3. The standard InChI is InChI=1S/C19H30N2O2S/c1-6-16(13-24-5)20-12-15-9-7-8-14-10-11-21(17(14)15)18(22)23-19(2,3)4/h7-9,16,20H,6,10-13H2,1-5H3. The topological polar surface area (TPSA) is 41.6 Å². The maximum Gasteiger partial charge on any atom is 0.414 e.